The number of nitrogens with one attached hydrogen (secondary N) is 4. The van der Waals surface area contributed by atoms with Crippen LogP contribution in [0.4, 0.5) is 0 Å². The van der Waals surface area contributed by atoms with Gasteiger partial charge in [0.2, 0.25) is 17.7 Å². The molecule has 0 spiro atoms. The minimum Gasteiger partial charge on any atom is -0.481 e. The first-order valence-corrected chi connectivity index (χ1v) is 14.0. The third kappa shape index (κ3) is 9.94. The van der Waals surface area contributed by atoms with Crippen LogP contribution in [0.25, 0.3) is 10.9 Å². The number of aromatic amines is 1. The first kappa shape index (κ1) is 32.8. The molecule has 3 amide bonds. The molecule has 0 aliphatic rings. The summed E-state index contributed by atoms with van der Waals surface area (Å²) >= 11 is 0. The van der Waals surface area contributed by atoms with Crippen molar-refractivity contribution in [3.05, 3.63) is 71.9 Å². The molecule has 43 heavy (non-hydrogen) atoms. The lowest BCUT2D eigenvalue weighted by Crippen LogP contribution is -2.58. The molecule has 4 atom stereocenters. The fraction of sp³-hybridized carbons (Fsp3) is 0.367. The van der Waals surface area contributed by atoms with Crippen LogP contribution in [0, 0.1) is 0 Å². The summed E-state index contributed by atoms with van der Waals surface area (Å²) in [5.41, 5.74) is 13.7. The fourth-order valence-electron chi connectivity index (χ4n) is 4.63. The number of amides is 3. The van der Waals surface area contributed by atoms with E-state index in [1.165, 1.54) is 0 Å². The van der Waals surface area contributed by atoms with Gasteiger partial charge in [0, 0.05) is 29.9 Å². The van der Waals surface area contributed by atoms with E-state index in [-0.39, 0.29) is 12.8 Å². The van der Waals surface area contributed by atoms with E-state index in [4.69, 9.17) is 11.5 Å². The van der Waals surface area contributed by atoms with Crippen molar-refractivity contribution in [2.24, 2.45) is 11.5 Å². The predicted octanol–water partition coefficient (Wildman–Crippen LogP) is 0.423. The van der Waals surface area contributed by atoms with Gasteiger partial charge in [-0.2, -0.15) is 0 Å². The van der Waals surface area contributed by atoms with Crippen LogP contribution in [-0.4, -0.2) is 75.6 Å². The molecule has 0 fully saturated rings. The summed E-state index contributed by atoms with van der Waals surface area (Å²) in [7, 11) is 0. The van der Waals surface area contributed by atoms with Crippen molar-refractivity contribution in [2.75, 3.05) is 6.54 Å². The number of carbonyl (C=O) groups is 5. The molecule has 2 aromatic carbocycles. The summed E-state index contributed by atoms with van der Waals surface area (Å²) in [4.78, 5) is 66.2. The Labute approximate surface area is 248 Å². The SMILES string of the molecule is NCCCCC(N)C(=O)NC(Cc1c[nH]c2ccccc12)C(=O)NC(CC(=O)O)C(=O)NC(Cc1ccccc1)C(=O)O. The smallest absolute Gasteiger partial charge is 0.326 e. The maximum absolute atomic E-state index is 13.5. The first-order valence-electron chi connectivity index (χ1n) is 14.0. The number of aromatic nitrogens is 1. The highest BCUT2D eigenvalue weighted by Crippen LogP contribution is 2.19. The number of para-hydroxylation sites is 1. The molecule has 4 unspecified atom stereocenters. The summed E-state index contributed by atoms with van der Waals surface area (Å²) in [5, 5.41) is 27.3. The highest BCUT2D eigenvalue weighted by molar-refractivity contribution is 5.96. The van der Waals surface area contributed by atoms with E-state index in [0.29, 0.717) is 36.9 Å². The highest BCUT2D eigenvalue weighted by atomic mass is 16.4. The molecule has 0 aliphatic heterocycles. The summed E-state index contributed by atoms with van der Waals surface area (Å²) in [6.45, 7) is 0.445. The molecule has 0 aliphatic carbocycles. The van der Waals surface area contributed by atoms with Crippen LogP contribution >= 0.6 is 0 Å². The third-order valence-electron chi connectivity index (χ3n) is 6.95. The van der Waals surface area contributed by atoms with Crippen LogP contribution in [0.1, 0.15) is 36.8 Å². The number of H-pyrrole nitrogens is 1. The van der Waals surface area contributed by atoms with E-state index < -0.39 is 60.2 Å². The van der Waals surface area contributed by atoms with E-state index in [9.17, 15) is 34.2 Å². The number of carboxylic acid groups (broad SMARTS) is 2. The van der Waals surface area contributed by atoms with E-state index >= 15 is 0 Å². The zero-order valence-corrected chi connectivity index (χ0v) is 23.6. The normalized spacial score (nSPS) is 13.8. The Balaban J connectivity index is 1.81. The van der Waals surface area contributed by atoms with Gasteiger partial charge in [-0.05, 0) is 36.6 Å². The molecule has 0 radical (unpaired) electrons. The number of carboxylic acids is 2. The maximum Gasteiger partial charge on any atom is 0.326 e. The number of aliphatic carboxylic acids is 2. The van der Waals surface area contributed by atoms with Crippen LogP contribution in [0.5, 0.6) is 0 Å². The Hall–Kier alpha value is -4.75. The average Bonchev–Trinajstić information content (AvgIpc) is 3.39. The second-order valence-electron chi connectivity index (χ2n) is 10.3. The van der Waals surface area contributed by atoms with Crippen LogP contribution in [0.15, 0.2) is 60.8 Å². The lowest BCUT2D eigenvalue weighted by molar-refractivity contribution is -0.143. The van der Waals surface area contributed by atoms with Crippen LogP contribution in [-0.2, 0) is 36.8 Å². The number of carbonyl (C=O) groups excluding carboxylic acids is 3. The molecule has 13 heteroatoms. The maximum atomic E-state index is 13.5. The fourth-order valence-corrected chi connectivity index (χ4v) is 4.63. The van der Waals surface area contributed by atoms with Crippen LogP contribution in [0.2, 0.25) is 0 Å². The first-order chi connectivity index (χ1) is 20.6. The molecule has 3 aromatic rings. The Morgan fingerprint density at radius 3 is 2.07 bits per heavy atom. The number of fused-ring (bicyclic) bond motifs is 1. The van der Waals surface area contributed by atoms with Gasteiger partial charge in [0.15, 0.2) is 0 Å². The van der Waals surface area contributed by atoms with Crippen molar-refractivity contribution in [3.63, 3.8) is 0 Å². The summed E-state index contributed by atoms with van der Waals surface area (Å²) in [5.74, 6) is -5.14. The molecular weight excluding hydrogens is 556 g/mol. The topological polar surface area (TPSA) is 230 Å². The molecule has 0 saturated heterocycles. The molecular formula is C30H38N6O7. The lowest BCUT2D eigenvalue weighted by Gasteiger charge is -2.24. The minimum atomic E-state index is -1.62. The zero-order valence-electron chi connectivity index (χ0n) is 23.6. The van der Waals surface area contributed by atoms with Crippen molar-refractivity contribution in [2.45, 2.75) is 62.7 Å². The summed E-state index contributed by atoms with van der Waals surface area (Å²) in [6.07, 6.45) is 2.45. The molecule has 3 rings (SSSR count). The van der Waals surface area contributed by atoms with Gasteiger partial charge in [0.25, 0.3) is 0 Å². The van der Waals surface area contributed by atoms with Crippen LogP contribution in [0.3, 0.4) is 0 Å². The lowest BCUT2D eigenvalue weighted by atomic mass is 10.0. The Bertz CT molecular complexity index is 1410. The molecule has 230 valence electrons. The van der Waals surface area contributed by atoms with Gasteiger partial charge in [0.05, 0.1) is 12.5 Å². The van der Waals surface area contributed by atoms with Crippen molar-refractivity contribution >= 4 is 40.6 Å². The van der Waals surface area contributed by atoms with Gasteiger partial charge in [-0.3, -0.25) is 19.2 Å². The Morgan fingerprint density at radius 1 is 0.767 bits per heavy atom. The number of hydrogen-bond acceptors (Lipinski definition) is 7. The van der Waals surface area contributed by atoms with E-state index in [0.717, 1.165) is 10.9 Å². The van der Waals surface area contributed by atoms with Gasteiger partial charge < -0.3 is 42.6 Å². The molecule has 1 heterocycles. The zero-order chi connectivity index (χ0) is 31.4. The number of benzene rings is 2. The molecule has 10 N–H and O–H groups in total. The summed E-state index contributed by atoms with van der Waals surface area (Å²) < 4.78 is 0. The second kappa shape index (κ2) is 16.0. The Morgan fingerprint density at radius 2 is 1.40 bits per heavy atom. The number of rotatable bonds is 17. The van der Waals surface area contributed by atoms with Gasteiger partial charge in [-0.25, -0.2) is 4.79 Å². The number of nitrogens with two attached hydrogens (primary N) is 2. The van der Waals surface area contributed by atoms with Crippen LogP contribution < -0.4 is 27.4 Å². The molecule has 1 aromatic heterocycles. The molecule has 13 nitrogen and oxygen atoms in total. The quantitative estimate of drug-likeness (QED) is 0.101. The highest BCUT2D eigenvalue weighted by Gasteiger charge is 2.32. The summed E-state index contributed by atoms with van der Waals surface area (Å²) in [6, 6.07) is 10.8. The standard InChI is InChI=1S/C30H38N6O7/c31-13-7-6-11-21(32)27(39)34-23(15-19-17-33-22-12-5-4-10-20(19)22)28(40)35-24(16-26(37)38)29(41)36-25(30(42)43)14-18-8-2-1-3-9-18/h1-5,8-10,12,17,21,23-25,33H,6-7,11,13-16,31-32H2,(H,34,39)(H,35,40)(H,36,41)(H,37,38)(H,42,43). The van der Waals surface area contributed by atoms with Crippen molar-refractivity contribution in [1.29, 1.82) is 0 Å². The predicted molar refractivity (Wildman–Crippen MR) is 159 cm³/mol. The van der Waals surface area contributed by atoms with Gasteiger partial charge >= 0.3 is 11.9 Å². The minimum absolute atomic E-state index is 0.00424. The number of unbranched alkanes of at least 4 members (excludes halogenated alkanes) is 1. The van der Waals surface area contributed by atoms with Crippen molar-refractivity contribution < 1.29 is 34.2 Å². The van der Waals surface area contributed by atoms with Gasteiger partial charge in [0.1, 0.15) is 18.1 Å². The third-order valence-corrected chi connectivity index (χ3v) is 6.95. The van der Waals surface area contributed by atoms with Crippen molar-refractivity contribution in [1.82, 2.24) is 20.9 Å². The van der Waals surface area contributed by atoms with E-state index in [1.807, 2.05) is 24.3 Å². The molecule has 0 saturated carbocycles. The average molecular weight is 595 g/mol. The molecule has 0 bridgehead atoms. The monoisotopic (exact) mass is 594 g/mol. The van der Waals surface area contributed by atoms with Gasteiger partial charge in [-0.1, -0.05) is 55.0 Å². The van der Waals surface area contributed by atoms with Crippen molar-refractivity contribution in [3.8, 4) is 0 Å². The number of hydrogen-bond donors (Lipinski definition) is 8. The second-order valence-corrected chi connectivity index (χ2v) is 10.3. The van der Waals surface area contributed by atoms with E-state index in [2.05, 4.69) is 20.9 Å². The largest absolute Gasteiger partial charge is 0.481 e. The van der Waals surface area contributed by atoms with Gasteiger partial charge in [-0.15, -0.1) is 0 Å². The van der Waals surface area contributed by atoms with E-state index in [1.54, 1.807) is 36.5 Å². The Kier molecular flexibility index (Phi) is 12.2.